The minimum atomic E-state index is 0. The Balaban J connectivity index is 0. The van der Waals surface area contributed by atoms with E-state index in [-0.39, 0.29) is 25.8 Å². The van der Waals surface area contributed by atoms with Crippen LogP contribution in [0.15, 0.2) is 0 Å². The van der Waals surface area contributed by atoms with E-state index in [1.165, 1.54) is 0 Å². The molecule has 5 heavy (non-hydrogen) atoms. The second kappa shape index (κ2) is 8.87. The smallest absolute Gasteiger partial charge is 0.0116 e. The van der Waals surface area contributed by atoms with Gasteiger partial charge in [0.25, 0.3) is 0 Å². The minimum Gasteiger partial charge on any atom is -0.349 e. The molecule has 0 aromatic carbocycles. The minimum absolute atomic E-state index is 0. The third kappa shape index (κ3) is 13.9. The number of nitrogens with one attached hydrogen (secondary N) is 1. The van der Waals surface area contributed by atoms with Crippen LogP contribution in [0.25, 0.3) is 0 Å². The molecule has 0 heterocycles. The van der Waals surface area contributed by atoms with Crippen LogP contribution in [-0.2, 0) is 25.8 Å². The van der Waals surface area contributed by atoms with E-state index in [2.05, 4.69) is 17.8 Å². The number of rotatable bonds is 0. The fraction of sp³-hybridized carbons (Fsp3) is 0.333. The molecule has 0 saturated carbocycles. The van der Waals surface area contributed by atoms with Gasteiger partial charge in [-0.15, -0.1) is 0 Å². The molecule has 0 radical (unpaired) electrons. The Kier molecular flexibility index (Phi) is 15.9. The summed E-state index contributed by atoms with van der Waals surface area (Å²) < 4.78 is 0. The van der Waals surface area contributed by atoms with Crippen molar-refractivity contribution in [3.05, 3.63) is 0 Å². The van der Waals surface area contributed by atoms with E-state index < -0.39 is 0 Å². The van der Waals surface area contributed by atoms with E-state index in [0.29, 0.717) is 0 Å². The molecule has 0 atom stereocenters. The van der Waals surface area contributed by atoms with Crippen LogP contribution in [-0.4, -0.2) is 7.05 Å². The van der Waals surface area contributed by atoms with Gasteiger partial charge in [-0.3, -0.25) is 0 Å². The van der Waals surface area contributed by atoms with Crippen LogP contribution < -0.4 is 5.32 Å². The third-order valence-electron chi connectivity index (χ3n) is 0.144. The molecule has 2 heteroatoms. The second-order valence-corrected chi connectivity index (χ2v) is 0.394. The molecule has 0 spiro atoms. The van der Waals surface area contributed by atoms with Crippen LogP contribution in [0.1, 0.15) is 0 Å². The molecule has 1 nitrogen and oxygen atoms in total. The van der Waals surface area contributed by atoms with Crippen molar-refractivity contribution < 1.29 is 25.8 Å². The summed E-state index contributed by atoms with van der Waals surface area (Å²) >= 11 is 0. The predicted molar refractivity (Wildman–Crippen MR) is 17.9 cm³/mol. The second-order valence-electron chi connectivity index (χ2n) is 0.394. The molecule has 0 saturated heterocycles. The summed E-state index contributed by atoms with van der Waals surface area (Å²) in [4.78, 5) is 0. The van der Waals surface area contributed by atoms with E-state index in [0.717, 1.165) is 0 Å². The monoisotopic (exact) mass is 235 g/mol. The van der Waals surface area contributed by atoms with Crippen LogP contribution >= 0.6 is 0 Å². The molecule has 0 bridgehead atoms. The molecular weight excluding hydrogens is 229 g/mol. The van der Waals surface area contributed by atoms with E-state index in [1.54, 1.807) is 7.05 Å². The molecule has 26 valence electrons. The number of hydrogen-bond donors (Lipinski definition) is 1. The molecule has 0 amide bonds. The Morgan fingerprint density at radius 3 is 2.00 bits per heavy atom. The summed E-state index contributed by atoms with van der Waals surface area (Å²) in [6, 6.07) is 2.18. The summed E-state index contributed by atoms with van der Waals surface area (Å²) in [5.74, 6) is 0. The normalized spacial score (nSPS) is 3.20. The summed E-state index contributed by atoms with van der Waals surface area (Å²) in [5, 5.41) is 2.46. The molecule has 0 aromatic heterocycles. The molecule has 0 aliphatic carbocycles. The van der Waals surface area contributed by atoms with Gasteiger partial charge in [-0.1, -0.05) is 6.42 Å². The van der Waals surface area contributed by atoms with Gasteiger partial charge in [0.1, 0.15) is 0 Å². The van der Waals surface area contributed by atoms with Crippen molar-refractivity contribution in [2.45, 2.75) is 0 Å². The molecule has 0 aliphatic heterocycles. The van der Waals surface area contributed by atoms with Gasteiger partial charge in [0.15, 0.2) is 0 Å². The first-order valence-corrected chi connectivity index (χ1v) is 1.04. The average molecular weight is 234 g/mol. The van der Waals surface area contributed by atoms with Crippen LogP contribution in [0.5, 0.6) is 0 Å². The van der Waals surface area contributed by atoms with Crippen molar-refractivity contribution in [2.75, 3.05) is 7.05 Å². The van der Waals surface area contributed by atoms with E-state index in [9.17, 15) is 0 Å². The molecule has 0 aliphatic rings. The Bertz CT molecular complexity index is 36.6. The third-order valence-corrected chi connectivity index (χ3v) is 0.144. The Morgan fingerprint density at radius 2 is 2.00 bits per heavy atom. The maximum atomic E-state index is 4.67. The fourth-order valence-corrected chi connectivity index (χ4v) is 0. The largest absolute Gasteiger partial charge is 0.349 e. The average Bonchev–Trinajstić information content (AvgIpc) is 1.37. The summed E-state index contributed by atoms with van der Waals surface area (Å²) in [6.07, 6.45) is 4.67. The predicted octanol–water partition coefficient (Wildman–Crippen LogP) is -0.206. The van der Waals surface area contributed by atoms with Crippen molar-refractivity contribution in [2.24, 2.45) is 0 Å². The Hall–Kier alpha value is 0.230. The van der Waals surface area contributed by atoms with Gasteiger partial charge < -0.3 is 5.32 Å². The summed E-state index contributed by atoms with van der Waals surface area (Å²) in [7, 11) is 1.69. The first-order chi connectivity index (χ1) is 1.91. The van der Waals surface area contributed by atoms with Crippen molar-refractivity contribution >= 4 is 0 Å². The van der Waals surface area contributed by atoms with Crippen molar-refractivity contribution in [1.82, 2.24) is 5.32 Å². The van der Waals surface area contributed by atoms with Crippen molar-refractivity contribution in [1.29, 1.82) is 0 Å². The van der Waals surface area contributed by atoms with Crippen molar-refractivity contribution in [3.63, 3.8) is 0 Å². The summed E-state index contributed by atoms with van der Waals surface area (Å²) in [6.45, 7) is 0. The van der Waals surface area contributed by atoms with Crippen LogP contribution in [0.3, 0.4) is 0 Å². The van der Waals surface area contributed by atoms with Gasteiger partial charge in [-0.2, -0.15) is 0 Å². The van der Waals surface area contributed by atoms with Crippen LogP contribution in [0.2, 0.25) is 0 Å². The quantitative estimate of drug-likeness (QED) is 0.347. The number of terminal acetylenes is 1. The molecular formula is C3H5HfN. The topological polar surface area (TPSA) is 12.0 Å². The maximum absolute atomic E-state index is 4.67. The zero-order chi connectivity index (χ0) is 3.41. The van der Waals surface area contributed by atoms with Crippen molar-refractivity contribution in [3.8, 4) is 12.5 Å². The molecule has 0 fully saturated rings. The van der Waals surface area contributed by atoms with Crippen LogP contribution in [0.4, 0.5) is 0 Å². The SMILES string of the molecule is C#CNC.[Hf]. The zero-order valence-electron chi connectivity index (χ0n) is 3.08. The Labute approximate surface area is 50.9 Å². The molecule has 0 rings (SSSR count). The molecule has 1 N–H and O–H groups in total. The first-order valence-electron chi connectivity index (χ1n) is 1.04. The number of hydrogen-bond acceptors (Lipinski definition) is 1. The molecule has 0 unspecified atom stereocenters. The van der Waals surface area contributed by atoms with Gasteiger partial charge in [-0.05, 0) is 0 Å². The maximum Gasteiger partial charge on any atom is 0.0116 e. The standard InChI is InChI=1S/C3H5N.Hf/c1-3-4-2;/h1,4H,2H3;. The van der Waals surface area contributed by atoms with Gasteiger partial charge in [0.05, 0.1) is 0 Å². The summed E-state index contributed by atoms with van der Waals surface area (Å²) in [5.41, 5.74) is 0. The van der Waals surface area contributed by atoms with E-state index in [1.807, 2.05) is 0 Å². The van der Waals surface area contributed by atoms with Gasteiger partial charge >= 0.3 is 0 Å². The van der Waals surface area contributed by atoms with E-state index in [4.69, 9.17) is 0 Å². The van der Waals surface area contributed by atoms with E-state index >= 15 is 0 Å². The fourth-order valence-electron chi connectivity index (χ4n) is 0. The van der Waals surface area contributed by atoms with Gasteiger partial charge in [-0.25, -0.2) is 0 Å². The van der Waals surface area contributed by atoms with Crippen LogP contribution in [0, 0.1) is 12.5 Å². The first kappa shape index (κ1) is 8.97. The zero-order valence-corrected chi connectivity index (χ0v) is 6.67. The van der Waals surface area contributed by atoms with Gasteiger partial charge in [0, 0.05) is 38.9 Å². The molecule has 0 aromatic rings. The van der Waals surface area contributed by atoms with Gasteiger partial charge in [0.2, 0.25) is 0 Å². The Morgan fingerprint density at radius 1 is 1.80 bits per heavy atom.